The Bertz CT molecular complexity index is 201. The Morgan fingerprint density at radius 3 is 2.56 bits per heavy atom. The fraction of sp³-hybridized carbons (Fsp3) is 1.00. The van der Waals surface area contributed by atoms with Crippen molar-refractivity contribution < 1.29 is 0 Å². The van der Waals surface area contributed by atoms with E-state index >= 15 is 0 Å². The molecule has 1 atom stereocenters. The smallest absolute Gasteiger partial charge is 0.0156 e. The molecule has 2 heteroatoms. The molecule has 0 saturated carbocycles. The van der Waals surface area contributed by atoms with Crippen LogP contribution in [0.2, 0.25) is 0 Å². The second-order valence-electron chi connectivity index (χ2n) is 6.03. The molecular weight excluding hydrogens is 196 g/mol. The summed E-state index contributed by atoms with van der Waals surface area (Å²) in [5, 5.41) is 3.75. The van der Waals surface area contributed by atoms with Crippen LogP contribution in [-0.4, -0.2) is 36.6 Å². The van der Waals surface area contributed by atoms with Gasteiger partial charge in [-0.05, 0) is 71.1 Å². The maximum absolute atomic E-state index is 3.75. The summed E-state index contributed by atoms with van der Waals surface area (Å²) in [7, 11) is 0. The highest BCUT2D eigenvalue weighted by Crippen LogP contribution is 2.31. The number of piperidine rings is 2. The summed E-state index contributed by atoms with van der Waals surface area (Å²) in [4.78, 5) is 2.59. The predicted octanol–water partition coefficient (Wildman–Crippen LogP) is 2.64. The summed E-state index contributed by atoms with van der Waals surface area (Å²) in [6.07, 6.45) is 8.45. The van der Waals surface area contributed by atoms with Gasteiger partial charge in [0.2, 0.25) is 0 Å². The number of rotatable bonds is 3. The van der Waals surface area contributed by atoms with Gasteiger partial charge in [-0.2, -0.15) is 0 Å². The highest BCUT2D eigenvalue weighted by molar-refractivity contribution is 4.89. The lowest BCUT2D eigenvalue weighted by Gasteiger charge is -2.40. The van der Waals surface area contributed by atoms with Crippen molar-refractivity contribution in [2.45, 2.75) is 57.9 Å². The molecule has 0 bridgehead atoms. The highest BCUT2D eigenvalue weighted by Gasteiger charge is 2.30. The number of nitrogens with one attached hydrogen (secondary N) is 1. The molecule has 1 unspecified atom stereocenters. The molecule has 0 aromatic carbocycles. The van der Waals surface area contributed by atoms with Crippen molar-refractivity contribution >= 4 is 0 Å². The minimum Gasteiger partial charge on any atom is -0.312 e. The maximum atomic E-state index is 3.75. The van der Waals surface area contributed by atoms with Crippen molar-refractivity contribution in [3.63, 3.8) is 0 Å². The van der Waals surface area contributed by atoms with E-state index in [0.29, 0.717) is 5.54 Å². The Morgan fingerprint density at radius 2 is 2.00 bits per heavy atom. The van der Waals surface area contributed by atoms with Crippen molar-refractivity contribution in [1.82, 2.24) is 10.2 Å². The minimum atomic E-state index is 0.456. The lowest BCUT2D eigenvalue weighted by molar-refractivity contribution is 0.145. The second kappa shape index (κ2) is 5.50. The second-order valence-corrected chi connectivity index (χ2v) is 6.03. The van der Waals surface area contributed by atoms with Gasteiger partial charge in [0.25, 0.3) is 0 Å². The zero-order chi connectivity index (χ0) is 11.4. The van der Waals surface area contributed by atoms with Crippen LogP contribution in [-0.2, 0) is 0 Å². The standard InChI is InChI=1S/C14H28N2/c1-3-16-10-6-13(7-11-16)12-14(2)8-4-5-9-15-14/h13,15H,3-12H2,1-2H3. The Kier molecular flexibility index (Phi) is 4.26. The molecule has 2 saturated heterocycles. The van der Waals surface area contributed by atoms with Gasteiger partial charge in [-0.3, -0.25) is 0 Å². The predicted molar refractivity (Wildman–Crippen MR) is 69.7 cm³/mol. The van der Waals surface area contributed by atoms with Crippen LogP contribution >= 0.6 is 0 Å². The van der Waals surface area contributed by atoms with Gasteiger partial charge in [-0.25, -0.2) is 0 Å². The van der Waals surface area contributed by atoms with Crippen LogP contribution < -0.4 is 5.32 Å². The first-order valence-electron chi connectivity index (χ1n) is 7.19. The van der Waals surface area contributed by atoms with Gasteiger partial charge in [0.1, 0.15) is 0 Å². The first-order chi connectivity index (χ1) is 7.72. The van der Waals surface area contributed by atoms with Crippen LogP contribution in [0.3, 0.4) is 0 Å². The third-order valence-corrected chi connectivity index (χ3v) is 4.60. The van der Waals surface area contributed by atoms with Gasteiger partial charge in [-0.15, -0.1) is 0 Å². The van der Waals surface area contributed by atoms with E-state index in [4.69, 9.17) is 0 Å². The van der Waals surface area contributed by atoms with Crippen molar-refractivity contribution in [1.29, 1.82) is 0 Å². The molecule has 0 aliphatic carbocycles. The highest BCUT2D eigenvalue weighted by atomic mass is 15.1. The van der Waals surface area contributed by atoms with Crippen LogP contribution in [0, 0.1) is 5.92 Å². The van der Waals surface area contributed by atoms with Gasteiger partial charge < -0.3 is 10.2 Å². The third-order valence-electron chi connectivity index (χ3n) is 4.60. The van der Waals surface area contributed by atoms with Crippen molar-refractivity contribution in [3.8, 4) is 0 Å². The van der Waals surface area contributed by atoms with E-state index in [1.165, 1.54) is 64.7 Å². The molecule has 2 nitrogen and oxygen atoms in total. The number of nitrogens with zero attached hydrogens (tertiary/aromatic N) is 1. The van der Waals surface area contributed by atoms with Gasteiger partial charge >= 0.3 is 0 Å². The molecule has 94 valence electrons. The molecule has 0 spiro atoms. The van der Waals surface area contributed by atoms with Crippen LogP contribution in [0.25, 0.3) is 0 Å². The zero-order valence-corrected chi connectivity index (χ0v) is 11.1. The lowest BCUT2D eigenvalue weighted by atomic mass is 9.79. The first-order valence-corrected chi connectivity index (χ1v) is 7.19. The zero-order valence-electron chi connectivity index (χ0n) is 11.1. The van der Waals surface area contributed by atoms with E-state index in [1.54, 1.807) is 0 Å². The van der Waals surface area contributed by atoms with Crippen LogP contribution in [0.1, 0.15) is 52.4 Å². The average molecular weight is 224 g/mol. The van der Waals surface area contributed by atoms with Crippen LogP contribution in [0.15, 0.2) is 0 Å². The Balaban J connectivity index is 1.77. The summed E-state index contributed by atoms with van der Waals surface area (Å²) in [5.74, 6) is 0.971. The van der Waals surface area contributed by atoms with Crippen molar-refractivity contribution in [2.24, 2.45) is 5.92 Å². The van der Waals surface area contributed by atoms with Crippen LogP contribution in [0.5, 0.6) is 0 Å². The van der Waals surface area contributed by atoms with Crippen molar-refractivity contribution in [3.05, 3.63) is 0 Å². The summed E-state index contributed by atoms with van der Waals surface area (Å²) in [6, 6.07) is 0. The fourth-order valence-corrected chi connectivity index (χ4v) is 3.44. The largest absolute Gasteiger partial charge is 0.312 e. The number of likely N-dealkylation sites (tertiary alicyclic amines) is 1. The summed E-state index contributed by atoms with van der Waals surface area (Å²) in [5.41, 5.74) is 0.456. The summed E-state index contributed by atoms with van der Waals surface area (Å²) < 4.78 is 0. The topological polar surface area (TPSA) is 15.3 Å². The molecule has 0 aromatic heterocycles. The molecule has 1 N–H and O–H groups in total. The van der Waals surface area contributed by atoms with Crippen molar-refractivity contribution in [2.75, 3.05) is 26.2 Å². The Morgan fingerprint density at radius 1 is 1.25 bits per heavy atom. The molecule has 2 heterocycles. The van der Waals surface area contributed by atoms with Gasteiger partial charge in [-0.1, -0.05) is 13.3 Å². The molecule has 2 aliphatic rings. The van der Waals surface area contributed by atoms with E-state index in [-0.39, 0.29) is 0 Å². The lowest BCUT2D eigenvalue weighted by Crippen LogP contribution is -2.48. The quantitative estimate of drug-likeness (QED) is 0.793. The first kappa shape index (κ1) is 12.4. The molecule has 0 aromatic rings. The van der Waals surface area contributed by atoms with E-state index < -0.39 is 0 Å². The Hall–Kier alpha value is -0.0800. The molecule has 0 radical (unpaired) electrons. The SMILES string of the molecule is CCN1CCC(CC2(C)CCCCN2)CC1. The Labute approximate surface area is 101 Å². The molecule has 2 rings (SSSR count). The normalized spacial score (nSPS) is 34.1. The molecule has 2 aliphatic heterocycles. The summed E-state index contributed by atoms with van der Waals surface area (Å²) in [6.45, 7) is 9.86. The number of hydrogen-bond donors (Lipinski definition) is 1. The van der Waals surface area contributed by atoms with Crippen LogP contribution in [0.4, 0.5) is 0 Å². The molecular formula is C14H28N2. The molecule has 16 heavy (non-hydrogen) atoms. The maximum Gasteiger partial charge on any atom is 0.0156 e. The van der Waals surface area contributed by atoms with E-state index in [9.17, 15) is 0 Å². The van der Waals surface area contributed by atoms with E-state index in [0.717, 1.165) is 5.92 Å². The fourth-order valence-electron chi connectivity index (χ4n) is 3.44. The third kappa shape index (κ3) is 3.21. The number of hydrogen-bond acceptors (Lipinski definition) is 2. The monoisotopic (exact) mass is 224 g/mol. The average Bonchev–Trinajstić information content (AvgIpc) is 2.30. The van der Waals surface area contributed by atoms with Gasteiger partial charge in [0.15, 0.2) is 0 Å². The van der Waals surface area contributed by atoms with E-state index in [1.807, 2.05) is 0 Å². The minimum absolute atomic E-state index is 0.456. The molecule has 2 fully saturated rings. The summed E-state index contributed by atoms with van der Waals surface area (Å²) >= 11 is 0. The van der Waals surface area contributed by atoms with Gasteiger partial charge in [0.05, 0.1) is 0 Å². The van der Waals surface area contributed by atoms with Gasteiger partial charge in [0, 0.05) is 5.54 Å². The van der Waals surface area contributed by atoms with E-state index in [2.05, 4.69) is 24.1 Å². The molecule has 0 amide bonds.